The molecule has 5 nitrogen and oxygen atoms in total. The Bertz CT molecular complexity index is 460. The van der Waals surface area contributed by atoms with Gasteiger partial charge in [-0.15, -0.1) is 0 Å². The van der Waals surface area contributed by atoms with E-state index in [1.807, 2.05) is 13.8 Å². The standard InChI is InChI=1S/C13H22ClN3O2/c1-9(2)7-17-13(18)12(14)11(6-16-17)15-5-10(3)8-19-4/h6,9-10,15H,5,7-8H2,1-4H3. The number of hydrogen-bond acceptors (Lipinski definition) is 4. The molecule has 0 fully saturated rings. The average molecular weight is 288 g/mol. The summed E-state index contributed by atoms with van der Waals surface area (Å²) < 4.78 is 6.45. The maximum Gasteiger partial charge on any atom is 0.287 e. The van der Waals surface area contributed by atoms with E-state index in [0.29, 0.717) is 37.2 Å². The molecule has 0 aliphatic rings. The predicted molar refractivity (Wildman–Crippen MR) is 77.9 cm³/mol. The van der Waals surface area contributed by atoms with Gasteiger partial charge >= 0.3 is 0 Å². The van der Waals surface area contributed by atoms with Crippen LogP contribution in [0.2, 0.25) is 5.02 Å². The Morgan fingerprint density at radius 1 is 1.47 bits per heavy atom. The Morgan fingerprint density at radius 3 is 2.74 bits per heavy atom. The lowest BCUT2D eigenvalue weighted by atomic mass is 10.2. The fraction of sp³-hybridized carbons (Fsp3) is 0.692. The van der Waals surface area contributed by atoms with Crippen LogP contribution in [0.15, 0.2) is 11.0 Å². The molecular weight excluding hydrogens is 266 g/mol. The molecule has 0 saturated heterocycles. The maximum absolute atomic E-state index is 12.0. The van der Waals surface area contributed by atoms with Gasteiger partial charge in [0.2, 0.25) is 0 Å². The molecule has 1 heterocycles. The highest BCUT2D eigenvalue weighted by molar-refractivity contribution is 6.32. The van der Waals surface area contributed by atoms with Crippen molar-refractivity contribution >= 4 is 17.3 Å². The zero-order chi connectivity index (χ0) is 14.4. The van der Waals surface area contributed by atoms with E-state index in [0.717, 1.165) is 0 Å². The first kappa shape index (κ1) is 16.0. The summed E-state index contributed by atoms with van der Waals surface area (Å²) in [5.74, 6) is 0.681. The average Bonchev–Trinajstić information content (AvgIpc) is 2.34. The first-order chi connectivity index (χ1) is 8.95. The first-order valence-corrected chi connectivity index (χ1v) is 6.82. The van der Waals surface area contributed by atoms with Crippen LogP contribution in [0.1, 0.15) is 20.8 Å². The van der Waals surface area contributed by atoms with Crippen molar-refractivity contribution in [3.05, 3.63) is 21.6 Å². The molecule has 0 aliphatic carbocycles. The Hall–Kier alpha value is -1.07. The van der Waals surface area contributed by atoms with E-state index in [2.05, 4.69) is 17.3 Å². The molecule has 0 amide bonds. The van der Waals surface area contributed by atoms with Crippen LogP contribution in [0.25, 0.3) is 0 Å². The van der Waals surface area contributed by atoms with Gasteiger partial charge in [0.1, 0.15) is 5.02 Å². The number of nitrogens with zero attached hydrogens (tertiary/aromatic N) is 2. The third-order valence-electron chi connectivity index (χ3n) is 2.62. The van der Waals surface area contributed by atoms with E-state index >= 15 is 0 Å². The highest BCUT2D eigenvalue weighted by Gasteiger charge is 2.11. The van der Waals surface area contributed by atoms with E-state index in [-0.39, 0.29) is 10.6 Å². The van der Waals surface area contributed by atoms with Gasteiger partial charge in [-0.2, -0.15) is 5.10 Å². The van der Waals surface area contributed by atoms with Gasteiger partial charge in [0.25, 0.3) is 5.56 Å². The minimum absolute atomic E-state index is 0.195. The van der Waals surface area contributed by atoms with Crippen molar-refractivity contribution in [2.45, 2.75) is 27.3 Å². The predicted octanol–water partition coefficient (Wildman–Crippen LogP) is 2.25. The van der Waals surface area contributed by atoms with Gasteiger partial charge in [0, 0.05) is 20.2 Å². The largest absolute Gasteiger partial charge is 0.384 e. The number of rotatable bonds is 7. The number of methoxy groups -OCH3 is 1. The highest BCUT2D eigenvalue weighted by atomic mass is 35.5. The molecule has 6 heteroatoms. The molecule has 1 aromatic heterocycles. The van der Waals surface area contributed by atoms with Crippen LogP contribution < -0.4 is 10.9 Å². The van der Waals surface area contributed by atoms with Crippen LogP contribution in [-0.4, -0.2) is 30.0 Å². The van der Waals surface area contributed by atoms with Crippen LogP contribution in [0, 0.1) is 11.8 Å². The molecule has 0 spiro atoms. The van der Waals surface area contributed by atoms with Crippen molar-refractivity contribution in [1.82, 2.24) is 9.78 Å². The van der Waals surface area contributed by atoms with Crippen molar-refractivity contribution < 1.29 is 4.74 Å². The molecule has 19 heavy (non-hydrogen) atoms. The smallest absolute Gasteiger partial charge is 0.287 e. The molecule has 1 atom stereocenters. The van der Waals surface area contributed by atoms with Crippen molar-refractivity contribution in [3.63, 3.8) is 0 Å². The van der Waals surface area contributed by atoms with E-state index in [4.69, 9.17) is 16.3 Å². The second-order valence-electron chi connectivity index (χ2n) is 5.19. The zero-order valence-corrected chi connectivity index (χ0v) is 12.7. The van der Waals surface area contributed by atoms with Crippen LogP contribution in [0.3, 0.4) is 0 Å². The molecule has 1 unspecified atom stereocenters. The fourth-order valence-electron chi connectivity index (χ4n) is 1.69. The minimum atomic E-state index is -0.250. The van der Waals surface area contributed by atoms with E-state index in [1.165, 1.54) is 4.68 Å². The number of halogens is 1. The normalized spacial score (nSPS) is 12.7. The number of nitrogens with one attached hydrogen (secondary N) is 1. The Balaban J connectivity index is 2.76. The van der Waals surface area contributed by atoms with Gasteiger partial charge in [0.15, 0.2) is 0 Å². The van der Waals surface area contributed by atoms with Gasteiger partial charge in [-0.3, -0.25) is 4.79 Å². The quantitative estimate of drug-likeness (QED) is 0.836. The summed E-state index contributed by atoms with van der Waals surface area (Å²) in [4.78, 5) is 12.0. The molecular formula is C13H22ClN3O2. The van der Waals surface area contributed by atoms with Gasteiger partial charge in [-0.1, -0.05) is 32.4 Å². The summed E-state index contributed by atoms with van der Waals surface area (Å²) in [5, 5.41) is 7.45. The molecule has 108 valence electrons. The summed E-state index contributed by atoms with van der Waals surface area (Å²) in [6.07, 6.45) is 1.60. The summed E-state index contributed by atoms with van der Waals surface area (Å²) in [7, 11) is 1.66. The number of anilines is 1. The molecule has 1 N–H and O–H groups in total. The Morgan fingerprint density at radius 2 is 2.16 bits per heavy atom. The molecule has 0 aliphatic heterocycles. The molecule has 0 radical (unpaired) electrons. The first-order valence-electron chi connectivity index (χ1n) is 6.44. The van der Waals surface area contributed by atoms with Crippen molar-refractivity contribution in [1.29, 1.82) is 0 Å². The second kappa shape index (κ2) is 7.50. The van der Waals surface area contributed by atoms with Crippen LogP contribution in [-0.2, 0) is 11.3 Å². The zero-order valence-electron chi connectivity index (χ0n) is 11.9. The summed E-state index contributed by atoms with van der Waals surface area (Å²) in [6.45, 7) is 8.02. The third kappa shape index (κ3) is 4.84. The second-order valence-corrected chi connectivity index (χ2v) is 5.57. The number of hydrogen-bond donors (Lipinski definition) is 1. The maximum atomic E-state index is 12.0. The molecule has 0 saturated carbocycles. The fourth-order valence-corrected chi connectivity index (χ4v) is 1.91. The van der Waals surface area contributed by atoms with E-state index < -0.39 is 0 Å². The molecule has 1 rings (SSSR count). The van der Waals surface area contributed by atoms with Crippen molar-refractivity contribution in [2.75, 3.05) is 25.6 Å². The van der Waals surface area contributed by atoms with Crippen molar-refractivity contribution in [3.8, 4) is 0 Å². The minimum Gasteiger partial charge on any atom is -0.384 e. The van der Waals surface area contributed by atoms with E-state index in [9.17, 15) is 4.79 Å². The van der Waals surface area contributed by atoms with Gasteiger partial charge in [-0.05, 0) is 11.8 Å². The van der Waals surface area contributed by atoms with Crippen molar-refractivity contribution in [2.24, 2.45) is 11.8 Å². The molecule has 0 aromatic carbocycles. The Kier molecular flexibility index (Phi) is 6.31. The number of ether oxygens (including phenoxy) is 1. The van der Waals surface area contributed by atoms with Crippen LogP contribution >= 0.6 is 11.6 Å². The summed E-state index contributed by atoms with van der Waals surface area (Å²) >= 11 is 6.08. The van der Waals surface area contributed by atoms with Gasteiger partial charge in [-0.25, -0.2) is 4.68 Å². The van der Waals surface area contributed by atoms with Crippen LogP contribution in [0.5, 0.6) is 0 Å². The lowest BCUT2D eigenvalue weighted by molar-refractivity contribution is 0.164. The topological polar surface area (TPSA) is 56.1 Å². The van der Waals surface area contributed by atoms with Gasteiger partial charge < -0.3 is 10.1 Å². The summed E-state index contributed by atoms with van der Waals surface area (Å²) in [6, 6.07) is 0. The van der Waals surface area contributed by atoms with Crippen LogP contribution in [0.4, 0.5) is 5.69 Å². The summed E-state index contributed by atoms with van der Waals surface area (Å²) in [5.41, 5.74) is 0.328. The number of aromatic nitrogens is 2. The molecule has 1 aromatic rings. The SMILES string of the molecule is COCC(C)CNc1cnn(CC(C)C)c(=O)c1Cl. The lowest BCUT2D eigenvalue weighted by Gasteiger charge is -2.14. The third-order valence-corrected chi connectivity index (χ3v) is 2.98. The monoisotopic (exact) mass is 287 g/mol. The van der Waals surface area contributed by atoms with E-state index in [1.54, 1.807) is 13.3 Å². The lowest BCUT2D eigenvalue weighted by Crippen LogP contribution is -2.27. The molecule has 0 bridgehead atoms. The highest BCUT2D eigenvalue weighted by Crippen LogP contribution is 2.16. The van der Waals surface area contributed by atoms with Gasteiger partial charge in [0.05, 0.1) is 18.5 Å². The Labute approximate surface area is 118 Å².